The highest BCUT2D eigenvalue weighted by atomic mass is 32.2. The van der Waals surface area contributed by atoms with Gasteiger partial charge < -0.3 is 47.7 Å². The maximum atomic E-state index is 13.4. The number of aromatic nitrogens is 2. The van der Waals surface area contributed by atoms with Crippen LogP contribution >= 0.6 is 37.0 Å². The Bertz CT molecular complexity index is 1290. The molecule has 17 nitrogen and oxygen atoms in total. The highest BCUT2D eigenvalue weighted by Gasteiger charge is 2.32. The van der Waals surface area contributed by atoms with Crippen molar-refractivity contribution in [3.8, 4) is 0 Å². The molecule has 0 aliphatic carbocycles. The van der Waals surface area contributed by atoms with E-state index in [1.54, 1.807) is 13.8 Å². The molecule has 20 heteroatoms. The largest absolute Gasteiger partial charge is 0.480 e. The minimum Gasteiger partial charge on any atom is -0.480 e. The summed E-state index contributed by atoms with van der Waals surface area (Å²) in [5, 5.41) is 24.6. The Hall–Kier alpha value is -3.49. The van der Waals surface area contributed by atoms with Gasteiger partial charge in [0.05, 0.1) is 18.9 Å². The van der Waals surface area contributed by atoms with Crippen LogP contribution in [0.1, 0.15) is 46.2 Å². The van der Waals surface area contributed by atoms with Gasteiger partial charge in [0.2, 0.25) is 35.4 Å². The Labute approximate surface area is 307 Å². The minimum absolute atomic E-state index is 0.0244. The van der Waals surface area contributed by atoms with Crippen LogP contribution in [0.2, 0.25) is 0 Å². The monoisotopic (exact) mass is 761 g/mol. The molecule has 0 unspecified atom stereocenters. The van der Waals surface area contributed by atoms with Crippen LogP contribution in [0.15, 0.2) is 12.5 Å². The summed E-state index contributed by atoms with van der Waals surface area (Å²) in [4.78, 5) is 96.3. The van der Waals surface area contributed by atoms with E-state index in [0.717, 1.165) is 0 Å². The van der Waals surface area contributed by atoms with E-state index < -0.39 is 90.1 Å². The average molecular weight is 762 g/mol. The number of H-pyrrole nitrogens is 1. The van der Waals surface area contributed by atoms with Gasteiger partial charge in [-0.1, -0.05) is 27.7 Å². The molecule has 1 aromatic heterocycles. The van der Waals surface area contributed by atoms with Gasteiger partial charge in [-0.2, -0.15) is 37.0 Å². The Balaban J connectivity index is 2.99. The van der Waals surface area contributed by atoms with Crippen molar-refractivity contribution in [1.29, 1.82) is 0 Å². The normalized spacial score (nSPS) is 14.8. The number of carboxylic acids is 1. The van der Waals surface area contributed by atoms with Gasteiger partial charge in [-0.05, 0) is 36.7 Å². The summed E-state index contributed by atoms with van der Waals surface area (Å²) in [6, 6.07) is -6.61. The van der Waals surface area contributed by atoms with Crippen molar-refractivity contribution in [3.63, 3.8) is 0 Å². The van der Waals surface area contributed by atoms with Crippen LogP contribution in [-0.4, -0.2) is 123 Å². The number of amides is 6. The number of aromatic amines is 1. The Kier molecular flexibility index (Phi) is 20.6. The van der Waals surface area contributed by atoms with Crippen LogP contribution in [0, 0.1) is 11.8 Å². The van der Waals surface area contributed by atoms with Crippen molar-refractivity contribution >= 4 is 78.4 Å². The molecule has 1 aromatic rings. The quantitative estimate of drug-likeness (QED) is 0.0556. The summed E-state index contributed by atoms with van der Waals surface area (Å²) < 4.78 is 0. The van der Waals surface area contributed by atoms with Crippen molar-refractivity contribution in [2.45, 2.75) is 83.2 Å². The molecule has 0 spiro atoms. The van der Waals surface area contributed by atoms with Crippen LogP contribution in [0.4, 0.5) is 0 Å². The molecule has 0 fully saturated rings. The van der Waals surface area contributed by atoms with Gasteiger partial charge in [0.25, 0.3) is 0 Å². The average Bonchev–Trinajstić information content (AvgIpc) is 3.58. The number of hydrogen-bond acceptors (Lipinski definition) is 12. The molecule has 282 valence electrons. The van der Waals surface area contributed by atoms with Crippen LogP contribution in [-0.2, 0) is 40.0 Å². The zero-order valence-electron chi connectivity index (χ0n) is 28.9. The smallest absolute Gasteiger partial charge is 0.327 e. The number of imidazole rings is 1. The van der Waals surface area contributed by atoms with Crippen molar-refractivity contribution in [2.75, 3.05) is 30.1 Å². The topological polar surface area (TPSA) is 267 Å². The van der Waals surface area contributed by atoms with Crippen LogP contribution in [0.25, 0.3) is 0 Å². The molecule has 0 aliphatic rings. The van der Waals surface area contributed by atoms with Crippen LogP contribution in [0.3, 0.4) is 0 Å². The summed E-state index contributed by atoms with van der Waals surface area (Å²) >= 11 is 9.43. The van der Waals surface area contributed by atoms with Gasteiger partial charge in [-0.25, -0.2) is 9.78 Å². The van der Waals surface area contributed by atoms with Crippen LogP contribution in [0.5, 0.6) is 0 Å². The number of rotatable bonds is 23. The summed E-state index contributed by atoms with van der Waals surface area (Å²) in [6.07, 6.45) is 5.11. The third-order valence-corrected chi connectivity index (χ3v) is 8.62. The highest BCUT2D eigenvalue weighted by Crippen LogP contribution is 2.09. The molecule has 10 N–H and O–H groups in total. The summed E-state index contributed by atoms with van der Waals surface area (Å²) in [6.45, 7) is 6.54. The molecule has 0 bridgehead atoms. The van der Waals surface area contributed by atoms with Gasteiger partial charge in [-0.3, -0.25) is 28.8 Å². The predicted molar refractivity (Wildman–Crippen MR) is 196 cm³/mol. The molecule has 6 amide bonds. The lowest BCUT2D eigenvalue weighted by Crippen LogP contribution is -2.59. The van der Waals surface area contributed by atoms with Gasteiger partial charge in [0.15, 0.2) is 0 Å². The number of nitrogens with one attached hydrogen (secondary N) is 7. The van der Waals surface area contributed by atoms with Crippen LogP contribution < -0.4 is 37.6 Å². The third-order valence-electron chi connectivity index (χ3n) is 7.22. The first-order chi connectivity index (χ1) is 23.5. The second kappa shape index (κ2) is 23.1. The number of nitrogens with two attached hydrogens (primary N) is 1. The van der Waals surface area contributed by atoms with Crippen molar-refractivity contribution < 1.29 is 38.7 Å². The molecule has 0 saturated heterocycles. The van der Waals surface area contributed by atoms with Gasteiger partial charge >= 0.3 is 5.97 Å². The fourth-order valence-electron chi connectivity index (χ4n) is 4.44. The number of carbonyl (C=O) groups is 7. The Morgan fingerprint density at radius 1 is 0.840 bits per heavy atom. The lowest BCUT2D eigenvalue weighted by molar-refractivity contribution is -0.141. The number of hydrogen-bond donors (Lipinski definition) is 11. The van der Waals surface area contributed by atoms with Crippen molar-refractivity contribution in [2.24, 2.45) is 17.6 Å². The highest BCUT2D eigenvalue weighted by molar-refractivity contribution is 7.98. The fourth-order valence-corrected chi connectivity index (χ4v) is 5.32. The molecule has 0 saturated carbocycles. The number of carbonyl (C=O) groups excluding carboxylic acids is 6. The molecule has 0 aromatic carbocycles. The van der Waals surface area contributed by atoms with E-state index >= 15 is 0 Å². The lowest BCUT2D eigenvalue weighted by atomic mass is 10.0. The van der Waals surface area contributed by atoms with E-state index in [4.69, 9.17) is 5.73 Å². The first-order valence-corrected chi connectivity index (χ1v) is 18.6. The second-order valence-electron chi connectivity index (χ2n) is 12.3. The van der Waals surface area contributed by atoms with Gasteiger partial charge in [0.1, 0.15) is 30.2 Å². The molecule has 50 heavy (non-hydrogen) atoms. The van der Waals surface area contributed by atoms with Gasteiger partial charge in [-0.15, -0.1) is 0 Å². The molecular formula is C30H51N9O8S3. The Morgan fingerprint density at radius 3 is 1.96 bits per heavy atom. The van der Waals surface area contributed by atoms with E-state index in [0.29, 0.717) is 11.4 Å². The van der Waals surface area contributed by atoms with E-state index in [1.807, 2.05) is 20.1 Å². The number of nitrogens with zero attached hydrogens (tertiary/aromatic N) is 1. The lowest BCUT2D eigenvalue weighted by Gasteiger charge is -2.26. The second-order valence-corrected chi connectivity index (χ2v) is 14.0. The number of thioether (sulfide) groups is 1. The van der Waals surface area contributed by atoms with E-state index in [-0.39, 0.29) is 36.7 Å². The molecular weight excluding hydrogens is 711 g/mol. The number of thiol groups is 2. The molecule has 0 aliphatic heterocycles. The molecule has 1 rings (SSSR count). The maximum Gasteiger partial charge on any atom is 0.327 e. The maximum absolute atomic E-state index is 13.4. The predicted octanol–water partition coefficient (Wildman–Crippen LogP) is -1.78. The SMILES string of the molecule is CSCC[C@H](NC(=O)[C@H](CC(C)C)NC(=O)[C@@H](N)CS)C(=O)NCC(=O)N[C@H](C(=O)N[C@@H](Cc1cnc[nH]1)C(=O)N[C@@H](CS)C(=O)O)C(C)C. The van der Waals surface area contributed by atoms with Gasteiger partial charge in [0, 0.05) is 29.8 Å². The molecule has 0 radical (unpaired) electrons. The standard InChI is InChI=1S/C30H51N9O8S3/c1-15(2)8-20(36-25(41)18(31)12-48)27(43)35-19(6-7-50-5)26(42)33-11-23(40)39-24(16(3)4)29(45)37-21(9-17-10-32-14-34-17)28(44)38-22(13-49)30(46)47/h10,14-16,18-22,24,48-49H,6-9,11-13,31H2,1-5H3,(H,32,34)(H,33,42)(H,35,43)(H,36,41)(H,37,45)(H,38,44)(H,39,40)(H,46,47)/t18-,19-,20-,21-,22-,24-/m0/s1. The molecule has 6 atom stereocenters. The fraction of sp³-hybridized carbons (Fsp3) is 0.667. The number of carboxylic acid groups (broad SMARTS) is 1. The van der Waals surface area contributed by atoms with Crippen molar-refractivity contribution in [3.05, 3.63) is 18.2 Å². The summed E-state index contributed by atoms with van der Waals surface area (Å²) in [5.41, 5.74) is 6.24. The van der Waals surface area contributed by atoms with E-state index in [9.17, 15) is 38.7 Å². The molecule has 1 heterocycles. The number of aliphatic carboxylic acids is 1. The van der Waals surface area contributed by atoms with E-state index in [2.05, 4.69) is 67.1 Å². The first kappa shape index (κ1) is 44.5. The Morgan fingerprint density at radius 2 is 1.44 bits per heavy atom. The minimum atomic E-state index is -1.31. The third kappa shape index (κ3) is 16.0. The zero-order valence-corrected chi connectivity index (χ0v) is 31.5. The zero-order chi connectivity index (χ0) is 38.0. The van der Waals surface area contributed by atoms with Crippen molar-refractivity contribution in [1.82, 2.24) is 41.9 Å². The summed E-state index contributed by atoms with van der Waals surface area (Å²) in [7, 11) is 0. The summed E-state index contributed by atoms with van der Waals surface area (Å²) in [5.74, 6) is -5.38. The van der Waals surface area contributed by atoms with E-state index in [1.165, 1.54) is 24.3 Å². The first-order valence-electron chi connectivity index (χ1n) is 16.0.